The van der Waals surface area contributed by atoms with E-state index in [1.165, 1.54) is 24.0 Å². The Morgan fingerprint density at radius 1 is 1.19 bits per heavy atom. The van der Waals surface area contributed by atoms with Gasteiger partial charge in [0.15, 0.2) is 0 Å². The summed E-state index contributed by atoms with van der Waals surface area (Å²) in [5.41, 5.74) is 2.80. The van der Waals surface area contributed by atoms with Crippen molar-refractivity contribution in [3.63, 3.8) is 0 Å². The highest BCUT2D eigenvalue weighted by Gasteiger charge is 2.19. The molecule has 0 fully saturated rings. The molecule has 0 aliphatic carbocycles. The van der Waals surface area contributed by atoms with Crippen LogP contribution in [0.15, 0.2) is 18.2 Å². The summed E-state index contributed by atoms with van der Waals surface area (Å²) in [5, 5.41) is 3.51. The summed E-state index contributed by atoms with van der Waals surface area (Å²) in [6.45, 7) is 15.0. The average molecular weight is 291 g/mol. The van der Waals surface area contributed by atoms with Crippen molar-refractivity contribution in [1.82, 2.24) is 5.32 Å². The highest BCUT2D eigenvalue weighted by atomic mass is 16.5. The second-order valence-electron chi connectivity index (χ2n) is 6.93. The minimum absolute atomic E-state index is 0.115. The lowest BCUT2D eigenvalue weighted by atomic mass is 9.85. The van der Waals surface area contributed by atoms with Gasteiger partial charge in [0.05, 0.1) is 0 Å². The molecule has 0 radical (unpaired) electrons. The molecule has 0 amide bonds. The van der Waals surface area contributed by atoms with Crippen LogP contribution in [0.1, 0.15) is 65.5 Å². The Morgan fingerprint density at radius 2 is 1.90 bits per heavy atom. The molecule has 0 heterocycles. The summed E-state index contributed by atoms with van der Waals surface area (Å²) in [4.78, 5) is 0. The maximum absolute atomic E-state index is 6.03. The standard InChI is InChI=1S/C19H33NO/c1-7-9-15(3)20-12-13-21-18-11-10-16(8-2)14-17(18)19(4,5)6/h10-11,14-15,20H,7-9,12-13H2,1-6H3. The van der Waals surface area contributed by atoms with Crippen LogP contribution in [-0.4, -0.2) is 19.2 Å². The molecule has 21 heavy (non-hydrogen) atoms. The molecule has 120 valence electrons. The minimum atomic E-state index is 0.115. The SMILES string of the molecule is CCCC(C)NCCOc1ccc(CC)cc1C(C)(C)C. The fraction of sp³-hybridized carbons (Fsp3) is 0.684. The first-order valence-electron chi connectivity index (χ1n) is 8.38. The number of nitrogens with one attached hydrogen (secondary N) is 1. The van der Waals surface area contributed by atoms with Crippen LogP contribution in [0.2, 0.25) is 0 Å². The van der Waals surface area contributed by atoms with Crippen LogP contribution < -0.4 is 10.1 Å². The second-order valence-corrected chi connectivity index (χ2v) is 6.93. The van der Waals surface area contributed by atoms with E-state index in [1.807, 2.05) is 0 Å². The van der Waals surface area contributed by atoms with Crippen LogP contribution >= 0.6 is 0 Å². The average Bonchev–Trinajstić information content (AvgIpc) is 2.43. The zero-order chi connectivity index (χ0) is 15.9. The maximum Gasteiger partial charge on any atom is 0.123 e. The van der Waals surface area contributed by atoms with Crippen molar-refractivity contribution in [3.8, 4) is 5.75 Å². The Balaban J connectivity index is 2.62. The summed E-state index contributed by atoms with van der Waals surface area (Å²) < 4.78 is 6.03. The Kier molecular flexibility index (Phi) is 7.24. The van der Waals surface area contributed by atoms with Gasteiger partial charge in [0.2, 0.25) is 0 Å². The van der Waals surface area contributed by atoms with Gasteiger partial charge >= 0.3 is 0 Å². The highest BCUT2D eigenvalue weighted by molar-refractivity contribution is 5.41. The summed E-state index contributed by atoms with van der Waals surface area (Å²) in [6, 6.07) is 7.18. The third-order valence-electron chi connectivity index (χ3n) is 3.83. The van der Waals surface area contributed by atoms with Crippen molar-refractivity contribution >= 4 is 0 Å². The van der Waals surface area contributed by atoms with E-state index >= 15 is 0 Å². The zero-order valence-electron chi connectivity index (χ0n) is 14.8. The van der Waals surface area contributed by atoms with E-state index in [0.29, 0.717) is 6.04 Å². The van der Waals surface area contributed by atoms with E-state index in [9.17, 15) is 0 Å². The van der Waals surface area contributed by atoms with Gasteiger partial charge in [-0.15, -0.1) is 0 Å². The lowest BCUT2D eigenvalue weighted by Crippen LogP contribution is -2.30. The normalized spacial score (nSPS) is 13.2. The molecule has 1 aromatic rings. The summed E-state index contributed by atoms with van der Waals surface area (Å²) in [5.74, 6) is 1.03. The predicted molar refractivity (Wildman–Crippen MR) is 92.4 cm³/mol. The molecule has 2 nitrogen and oxygen atoms in total. The fourth-order valence-electron chi connectivity index (χ4n) is 2.51. The molecule has 0 spiro atoms. The largest absolute Gasteiger partial charge is 0.492 e. The predicted octanol–water partition coefficient (Wildman–Crippen LogP) is 4.70. The van der Waals surface area contributed by atoms with E-state index in [2.05, 4.69) is 65.1 Å². The molecule has 1 unspecified atom stereocenters. The van der Waals surface area contributed by atoms with Crippen molar-refractivity contribution < 1.29 is 4.74 Å². The van der Waals surface area contributed by atoms with Gasteiger partial charge in [0.25, 0.3) is 0 Å². The zero-order valence-corrected chi connectivity index (χ0v) is 14.8. The molecule has 0 saturated carbocycles. The van der Waals surface area contributed by atoms with E-state index in [0.717, 1.165) is 25.3 Å². The lowest BCUT2D eigenvalue weighted by Gasteiger charge is -2.24. The number of hydrogen-bond donors (Lipinski definition) is 1. The molecule has 1 N–H and O–H groups in total. The Labute approximate surface area is 131 Å². The lowest BCUT2D eigenvalue weighted by molar-refractivity contribution is 0.297. The van der Waals surface area contributed by atoms with Gasteiger partial charge < -0.3 is 10.1 Å². The molecule has 1 aromatic carbocycles. The summed E-state index contributed by atoms with van der Waals surface area (Å²) in [6.07, 6.45) is 3.51. The van der Waals surface area contributed by atoms with Gasteiger partial charge in [-0.05, 0) is 42.4 Å². The molecule has 1 rings (SSSR count). The Bertz CT molecular complexity index is 420. The summed E-state index contributed by atoms with van der Waals surface area (Å²) in [7, 11) is 0. The Morgan fingerprint density at radius 3 is 2.48 bits per heavy atom. The molecule has 0 aliphatic heterocycles. The third-order valence-corrected chi connectivity index (χ3v) is 3.83. The number of rotatable bonds is 8. The first-order chi connectivity index (χ1) is 9.88. The van der Waals surface area contributed by atoms with Crippen LogP contribution in [0.4, 0.5) is 0 Å². The van der Waals surface area contributed by atoms with Crippen molar-refractivity contribution in [2.75, 3.05) is 13.2 Å². The molecular weight excluding hydrogens is 258 g/mol. The van der Waals surface area contributed by atoms with Gasteiger partial charge in [-0.25, -0.2) is 0 Å². The van der Waals surface area contributed by atoms with Crippen LogP contribution in [0.5, 0.6) is 5.75 Å². The molecule has 2 heteroatoms. The van der Waals surface area contributed by atoms with Gasteiger partial charge in [-0.1, -0.05) is 53.2 Å². The van der Waals surface area contributed by atoms with Gasteiger partial charge in [-0.2, -0.15) is 0 Å². The quantitative estimate of drug-likeness (QED) is 0.701. The third kappa shape index (κ3) is 6.09. The number of benzene rings is 1. The topological polar surface area (TPSA) is 21.3 Å². The van der Waals surface area contributed by atoms with Gasteiger partial charge in [0.1, 0.15) is 12.4 Å². The molecular formula is C19H33NO. The first-order valence-corrected chi connectivity index (χ1v) is 8.38. The van der Waals surface area contributed by atoms with Gasteiger partial charge in [0, 0.05) is 12.6 Å². The maximum atomic E-state index is 6.03. The van der Waals surface area contributed by atoms with Crippen LogP contribution in [-0.2, 0) is 11.8 Å². The molecule has 0 bridgehead atoms. The molecule has 1 atom stereocenters. The smallest absolute Gasteiger partial charge is 0.123 e. The highest BCUT2D eigenvalue weighted by Crippen LogP contribution is 2.32. The number of aryl methyl sites for hydroxylation is 1. The van der Waals surface area contributed by atoms with Crippen LogP contribution in [0, 0.1) is 0 Å². The number of hydrogen-bond acceptors (Lipinski definition) is 2. The molecule has 0 aromatic heterocycles. The summed E-state index contributed by atoms with van der Waals surface area (Å²) >= 11 is 0. The molecule has 0 saturated heterocycles. The van der Waals surface area contributed by atoms with Gasteiger partial charge in [-0.3, -0.25) is 0 Å². The monoisotopic (exact) mass is 291 g/mol. The van der Waals surface area contributed by atoms with Crippen molar-refractivity contribution in [3.05, 3.63) is 29.3 Å². The second kappa shape index (κ2) is 8.43. The van der Waals surface area contributed by atoms with Crippen LogP contribution in [0.3, 0.4) is 0 Å². The molecule has 0 aliphatic rings. The van der Waals surface area contributed by atoms with E-state index in [1.54, 1.807) is 0 Å². The van der Waals surface area contributed by atoms with Crippen molar-refractivity contribution in [2.24, 2.45) is 0 Å². The van der Waals surface area contributed by atoms with Crippen molar-refractivity contribution in [1.29, 1.82) is 0 Å². The van der Waals surface area contributed by atoms with E-state index < -0.39 is 0 Å². The van der Waals surface area contributed by atoms with E-state index in [4.69, 9.17) is 4.74 Å². The fourth-order valence-corrected chi connectivity index (χ4v) is 2.51. The van der Waals surface area contributed by atoms with Crippen molar-refractivity contribution in [2.45, 2.75) is 72.3 Å². The first kappa shape index (κ1) is 18.0. The van der Waals surface area contributed by atoms with Crippen LogP contribution in [0.25, 0.3) is 0 Å². The number of ether oxygens (including phenoxy) is 1. The minimum Gasteiger partial charge on any atom is -0.492 e. The Hall–Kier alpha value is -1.02. The van der Waals surface area contributed by atoms with E-state index in [-0.39, 0.29) is 5.41 Å².